The summed E-state index contributed by atoms with van der Waals surface area (Å²) >= 11 is 0. The maximum absolute atomic E-state index is 11.5. The molecule has 1 unspecified atom stereocenters. The molecule has 0 aliphatic rings. The highest BCUT2D eigenvalue weighted by Crippen LogP contribution is 2.06. The van der Waals surface area contributed by atoms with Crippen LogP contribution >= 0.6 is 0 Å². The second-order valence-electron chi connectivity index (χ2n) is 3.41. The molecule has 5 heteroatoms. The average molecular weight is 243 g/mol. The first-order chi connectivity index (χ1) is 7.65. The van der Waals surface area contributed by atoms with E-state index in [1.807, 2.05) is 12.5 Å². The molecule has 4 nitrogen and oxygen atoms in total. The van der Waals surface area contributed by atoms with Gasteiger partial charge in [0.25, 0.3) is 5.44 Å². The fourth-order valence-corrected chi connectivity index (χ4v) is 1.71. The maximum atomic E-state index is 11.5. The fourth-order valence-electron chi connectivity index (χ4n) is 1.11. The number of carbonyl (C=O) groups excluding carboxylic acids is 2. The van der Waals surface area contributed by atoms with Gasteiger partial charge in [0.2, 0.25) is 0 Å². The van der Waals surface area contributed by atoms with Crippen LogP contribution in [0.15, 0.2) is 22.8 Å². The molecule has 0 bridgehead atoms. The van der Waals surface area contributed by atoms with E-state index in [0.717, 1.165) is 6.29 Å². The highest BCUT2D eigenvalue weighted by atomic mass is 32.2. The molecular formula is C11H15O4S+. The summed E-state index contributed by atoms with van der Waals surface area (Å²) in [5, 5.41) is 0. The van der Waals surface area contributed by atoms with Crippen LogP contribution in [0.5, 0.6) is 0 Å². The van der Waals surface area contributed by atoms with Gasteiger partial charge in [-0.2, -0.15) is 0 Å². The molecule has 0 radical (unpaired) electrons. The van der Waals surface area contributed by atoms with Crippen LogP contribution in [0, 0.1) is 0 Å². The number of carbonyl (C=O) groups is 2. The van der Waals surface area contributed by atoms with Gasteiger partial charge in [0.05, 0.1) is 12.9 Å². The highest BCUT2D eigenvalue weighted by Gasteiger charge is 2.21. The lowest BCUT2D eigenvalue weighted by atomic mass is 10.2. The number of ether oxygens (including phenoxy) is 1. The Morgan fingerprint density at radius 3 is 2.88 bits per heavy atom. The first-order valence-corrected chi connectivity index (χ1v) is 6.95. The van der Waals surface area contributed by atoms with E-state index >= 15 is 0 Å². The zero-order valence-corrected chi connectivity index (χ0v) is 10.2. The summed E-state index contributed by atoms with van der Waals surface area (Å²) in [5.74, 6) is 0.222. The number of Topliss-reactive ketones (excluding diaryl/α,β-unsaturated/α-hetero) is 1. The molecule has 0 saturated heterocycles. The predicted octanol–water partition coefficient (Wildman–Crippen LogP) is 1.27. The summed E-state index contributed by atoms with van der Waals surface area (Å²) < 4.78 is 10.3. The Balaban J connectivity index is 2.30. The third-order valence-corrected chi connectivity index (χ3v) is 3.16. The molecule has 1 heterocycles. The molecule has 1 rings (SSSR count). The molecule has 88 valence electrons. The quantitative estimate of drug-likeness (QED) is 0.411. The second kappa shape index (κ2) is 6.50. The van der Waals surface area contributed by atoms with Gasteiger partial charge in [0.15, 0.2) is 17.8 Å². The van der Waals surface area contributed by atoms with Crippen LogP contribution in [-0.4, -0.2) is 36.6 Å². The van der Waals surface area contributed by atoms with Crippen molar-refractivity contribution in [1.82, 2.24) is 0 Å². The summed E-state index contributed by atoms with van der Waals surface area (Å²) in [7, 11) is -0.130. The van der Waals surface area contributed by atoms with Gasteiger partial charge in [-0.05, 0) is 12.1 Å². The SMILES string of the molecule is C[S+](C)C(C=O)OCCC(=O)c1ccco1. The van der Waals surface area contributed by atoms with Crippen LogP contribution in [0.25, 0.3) is 0 Å². The van der Waals surface area contributed by atoms with E-state index in [2.05, 4.69) is 0 Å². The minimum absolute atomic E-state index is 0.110. The largest absolute Gasteiger partial charge is 0.461 e. The van der Waals surface area contributed by atoms with E-state index < -0.39 is 5.44 Å². The summed E-state index contributed by atoms with van der Waals surface area (Å²) in [6, 6.07) is 3.28. The average Bonchev–Trinajstić information content (AvgIpc) is 2.76. The standard InChI is InChI=1S/C11H15O4S/c1-16(2)11(8-12)15-7-5-9(13)10-4-3-6-14-10/h3-4,6,8,11H,5,7H2,1-2H3/q+1. The summed E-state index contributed by atoms with van der Waals surface area (Å²) in [4.78, 5) is 22.1. The number of aldehydes is 1. The van der Waals surface area contributed by atoms with Crippen LogP contribution in [0.4, 0.5) is 0 Å². The summed E-state index contributed by atoms with van der Waals surface area (Å²) in [6.45, 7) is 0.244. The second-order valence-corrected chi connectivity index (χ2v) is 5.63. The first-order valence-electron chi connectivity index (χ1n) is 4.85. The number of hydrogen-bond acceptors (Lipinski definition) is 4. The van der Waals surface area contributed by atoms with Crippen LogP contribution < -0.4 is 0 Å². The molecule has 0 saturated carbocycles. The molecular weight excluding hydrogens is 228 g/mol. The molecule has 0 aliphatic carbocycles. The lowest BCUT2D eigenvalue weighted by Gasteiger charge is -2.07. The van der Waals surface area contributed by atoms with Gasteiger partial charge in [0, 0.05) is 17.3 Å². The van der Waals surface area contributed by atoms with Gasteiger partial charge in [0.1, 0.15) is 12.5 Å². The third-order valence-electron chi connectivity index (χ3n) is 1.98. The molecule has 0 spiro atoms. The highest BCUT2D eigenvalue weighted by molar-refractivity contribution is 7.96. The molecule has 0 amide bonds. The summed E-state index contributed by atoms with van der Waals surface area (Å²) in [6.07, 6.45) is 6.31. The lowest BCUT2D eigenvalue weighted by Crippen LogP contribution is -2.25. The van der Waals surface area contributed by atoms with Gasteiger partial charge in [-0.1, -0.05) is 0 Å². The van der Waals surface area contributed by atoms with Crippen LogP contribution in [0.1, 0.15) is 17.0 Å². The Hall–Kier alpha value is -1.07. The van der Waals surface area contributed by atoms with E-state index in [-0.39, 0.29) is 29.7 Å². The van der Waals surface area contributed by atoms with Gasteiger partial charge >= 0.3 is 0 Å². The van der Waals surface area contributed by atoms with Crippen molar-refractivity contribution >= 4 is 23.0 Å². The summed E-state index contributed by atoms with van der Waals surface area (Å²) in [5.41, 5.74) is -0.413. The molecule has 0 aliphatic heterocycles. The van der Waals surface area contributed by atoms with E-state index in [1.54, 1.807) is 12.1 Å². The Labute approximate surface area is 97.3 Å². The van der Waals surface area contributed by atoms with E-state index in [0.29, 0.717) is 5.76 Å². The zero-order valence-electron chi connectivity index (χ0n) is 9.34. The Bertz CT molecular complexity index is 332. The number of hydrogen-bond donors (Lipinski definition) is 0. The van der Waals surface area contributed by atoms with Crippen molar-refractivity contribution in [1.29, 1.82) is 0 Å². The molecule has 1 aromatic rings. The molecule has 1 aromatic heterocycles. The Morgan fingerprint density at radius 1 is 1.62 bits per heavy atom. The van der Waals surface area contributed by atoms with Crippen molar-refractivity contribution in [3.05, 3.63) is 24.2 Å². The topological polar surface area (TPSA) is 56.5 Å². The van der Waals surface area contributed by atoms with Crippen molar-refractivity contribution in [2.75, 3.05) is 19.1 Å². The molecule has 0 N–H and O–H groups in total. The van der Waals surface area contributed by atoms with E-state index in [1.165, 1.54) is 6.26 Å². The maximum Gasteiger partial charge on any atom is 0.274 e. The van der Waals surface area contributed by atoms with Gasteiger partial charge < -0.3 is 9.15 Å². The Morgan fingerprint density at radius 2 is 2.38 bits per heavy atom. The van der Waals surface area contributed by atoms with Gasteiger partial charge in [-0.25, -0.2) is 0 Å². The lowest BCUT2D eigenvalue weighted by molar-refractivity contribution is -0.113. The van der Waals surface area contributed by atoms with Crippen LogP contribution in [0.3, 0.4) is 0 Å². The zero-order chi connectivity index (χ0) is 12.0. The molecule has 0 fully saturated rings. The van der Waals surface area contributed by atoms with Crippen LogP contribution in [-0.2, 0) is 20.4 Å². The van der Waals surface area contributed by atoms with Gasteiger partial charge in [-0.15, -0.1) is 0 Å². The molecule has 1 atom stereocenters. The monoisotopic (exact) mass is 243 g/mol. The van der Waals surface area contributed by atoms with Crippen molar-refractivity contribution in [3.63, 3.8) is 0 Å². The van der Waals surface area contributed by atoms with Crippen molar-refractivity contribution in [2.45, 2.75) is 11.9 Å². The fraction of sp³-hybridized carbons (Fsp3) is 0.455. The number of rotatable bonds is 7. The number of furan rings is 1. The Kier molecular flexibility index (Phi) is 5.28. The van der Waals surface area contributed by atoms with E-state index in [4.69, 9.17) is 9.15 Å². The minimum atomic E-state index is -0.413. The van der Waals surface area contributed by atoms with Crippen LogP contribution in [0.2, 0.25) is 0 Å². The molecule has 16 heavy (non-hydrogen) atoms. The number of ketones is 1. The van der Waals surface area contributed by atoms with E-state index in [9.17, 15) is 9.59 Å². The molecule has 0 aromatic carbocycles. The van der Waals surface area contributed by atoms with Crippen molar-refractivity contribution in [3.8, 4) is 0 Å². The third kappa shape index (κ3) is 3.83. The van der Waals surface area contributed by atoms with Gasteiger partial charge in [-0.3, -0.25) is 9.59 Å². The normalized spacial score (nSPS) is 12.7. The van der Waals surface area contributed by atoms with Crippen molar-refractivity contribution in [2.24, 2.45) is 0 Å². The first kappa shape index (κ1) is 13.0. The predicted molar refractivity (Wildman–Crippen MR) is 62.7 cm³/mol. The minimum Gasteiger partial charge on any atom is -0.461 e. The smallest absolute Gasteiger partial charge is 0.274 e. The van der Waals surface area contributed by atoms with Crippen molar-refractivity contribution < 1.29 is 18.7 Å².